The molecule has 9 heteroatoms. The molecule has 5 rings (SSSR count). The summed E-state index contributed by atoms with van der Waals surface area (Å²) >= 11 is 0. The summed E-state index contributed by atoms with van der Waals surface area (Å²) in [6.45, 7) is 6.46. The van der Waals surface area contributed by atoms with Crippen LogP contribution in [0.5, 0.6) is 11.5 Å². The van der Waals surface area contributed by atoms with Gasteiger partial charge in [-0.1, -0.05) is 17.7 Å². The zero-order valence-corrected chi connectivity index (χ0v) is 20.7. The van der Waals surface area contributed by atoms with Gasteiger partial charge in [0.25, 0.3) is 5.91 Å². The Kier molecular flexibility index (Phi) is 5.83. The van der Waals surface area contributed by atoms with E-state index in [1.54, 1.807) is 30.3 Å². The maximum atomic E-state index is 13.8. The highest BCUT2D eigenvalue weighted by molar-refractivity contribution is 7.91. The molecule has 0 bridgehead atoms. The van der Waals surface area contributed by atoms with Gasteiger partial charge < -0.3 is 18.8 Å². The minimum atomic E-state index is -3.28. The summed E-state index contributed by atoms with van der Waals surface area (Å²) in [6.07, 6.45) is 0.306. The van der Waals surface area contributed by atoms with E-state index in [-0.39, 0.29) is 28.3 Å². The third kappa shape index (κ3) is 3.97. The molecule has 35 heavy (non-hydrogen) atoms. The average molecular weight is 498 g/mol. The van der Waals surface area contributed by atoms with Crippen LogP contribution in [0.1, 0.15) is 53.6 Å². The van der Waals surface area contributed by atoms with Crippen molar-refractivity contribution in [1.29, 1.82) is 0 Å². The van der Waals surface area contributed by atoms with Crippen LogP contribution < -0.4 is 14.9 Å². The van der Waals surface area contributed by atoms with Gasteiger partial charge in [-0.3, -0.25) is 9.59 Å². The number of benzene rings is 2. The molecule has 3 heterocycles. The third-order valence-corrected chi connectivity index (χ3v) is 8.30. The first kappa shape index (κ1) is 23.4. The molecule has 2 aliphatic heterocycles. The number of fused-ring (bicyclic) bond motifs is 2. The van der Waals surface area contributed by atoms with Crippen molar-refractivity contribution in [2.24, 2.45) is 0 Å². The first-order chi connectivity index (χ1) is 16.7. The van der Waals surface area contributed by atoms with Gasteiger partial charge >= 0.3 is 0 Å². The first-order valence-corrected chi connectivity index (χ1v) is 13.6. The molecule has 1 aromatic heterocycles. The van der Waals surface area contributed by atoms with E-state index in [0.717, 1.165) is 5.56 Å². The lowest BCUT2D eigenvalue weighted by Crippen LogP contribution is -2.40. The molecule has 0 N–H and O–H groups in total. The van der Waals surface area contributed by atoms with Crippen LogP contribution in [0.25, 0.3) is 11.0 Å². The summed E-state index contributed by atoms with van der Waals surface area (Å²) in [5.41, 5.74) is 1.79. The van der Waals surface area contributed by atoms with E-state index in [4.69, 9.17) is 13.9 Å². The Labute approximate surface area is 203 Å². The zero-order chi connectivity index (χ0) is 24.9. The normalized spacial score (nSPS) is 20.9. The second-order valence-electron chi connectivity index (χ2n) is 8.92. The maximum absolute atomic E-state index is 13.8. The van der Waals surface area contributed by atoms with Crippen LogP contribution in [-0.2, 0) is 9.84 Å². The molecular weight excluding hydrogens is 470 g/mol. The van der Waals surface area contributed by atoms with E-state index in [0.29, 0.717) is 47.7 Å². The monoisotopic (exact) mass is 497 g/mol. The third-order valence-electron chi connectivity index (χ3n) is 6.55. The fraction of sp³-hybridized carbons (Fsp3) is 0.385. The lowest BCUT2D eigenvalue weighted by Gasteiger charge is -2.30. The zero-order valence-electron chi connectivity index (χ0n) is 19.9. The smallest absolute Gasteiger partial charge is 0.291 e. The molecule has 2 aliphatic rings. The number of aryl methyl sites for hydroxylation is 1. The average Bonchev–Trinajstić information content (AvgIpc) is 3.32. The van der Waals surface area contributed by atoms with E-state index >= 15 is 0 Å². The van der Waals surface area contributed by atoms with Crippen molar-refractivity contribution in [3.05, 3.63) is 69.1 Å². The number of rotatable bonds is 6. The quantitative estimate of drug-likeness (QED) is 0.512. The maximum Gasteiger partial charge on any atom is 0.291 e. The number of carbonyl (C=O) groups is 1. The molecule has 2 atom stereocenters. The van der Waals surface area contributed by atoms with Crippen molar-refractivity contribution < 1.29 is 27.1 Å². The topological polar surface area (TPSA) is 103 Å². The van der Waals surface area contributed by atoms with Crippen LogP contribution in [0.3, 0.4) is 0 Å². The Morgan fingerprint density at radius 1 is 1.03 bits per heavy atom. The van der Waals surface area contributed by atoms with E-state index < -0.39 is 27.8 Å². The van der Waals surface area contributed by atoms with Crippen molar-refractivity contribution in [2.45, 2.75) is 39.3 Å². The summed E-state index contributed by atoms with van der Waals surface area (Å²) in [4.78, 5) is 28.9. The molecule has 0 saturated carbocycles. The summed E-state index contributed by atoms with van der Waals surface area (Å²) in [5.74, 6) is 0.393. The highest BCUT2D eigenvalue weighted by atomic mass is 32.2. The van der Waals surface area contributed by atoms with Crippen LogP contribution in [0.4, 0.5) is 0 Å². The Hall–Kier alpha value is -3.33. The van der Waals surface area contributed by atoms with Gasteiger partial charge in [0.2, 0.25) is 5.76 Å². The van der Waals surface area contributed by atoms with Crippen molar-refractivity contribution in [3.63, 3.8) is 0 Å². The second kappa shape index (κ2) is 8.71. The molecular formula is C26H27NO7S. The Balaban J connectivity index is 1.74. The molecule has 1 saturated heterocycles. The van der Waals surface area contributed by atoms with Gasteiger partial charge in [-0.05, 0) is 57.0 Å². The Morgan fingerprint density at radius 3 is 2.46 bits per heavy atom. The van der Waals surface area contributed by atoms with Gasteiger partial charge in [0.15, 0.2) is 26.8 Å². The molecule has 0 spiro atoms. The van der Waals surface area contributed by atoms with Crippen molar-refractivity contribution >= 4 is 26.7 Å². The van der Waals surface area contributed by atoms with Crippen molar-refractivity contribution in [2.75, 3.05) is 24.7 Å². The lowest BCUT2D eigenvalue weighted by atomic mass is 9.97. The van der Waals surface area contributed by atoms with Crippen molar-refractivity contribution in [1.82, 2.24) is 4.90 Å². The minimum Gasteiger partial charge on any atom is -0.490 e. The predicted molar refractivity (Wildman–Crippen MR) is 131 cm³/mol. The Bertz CT molecular complexity index is 1490. The van der Waals surface area contributed by atoms with Crippen LogP contribution in [-0.4, -0.2) is 50.0 Å². The largest absolute Gasteiger partial charge is 0.490 e. The van der Waals surface area contributed by atoms with Gasteiger partial charge in [-0.2, -0.15) is 0 Å². The molecule has 0 radical (unpaired) electrons. The minimum absolute atomic E-state index is 0.000527. The fourth-order valence-electron chi connectivity index (χ4n) is 5.04. The molecule has 3 aromatic rings. The number of nitrogens with zero attached hydrogens (tertiary/aromatic N) is 1. The van der Waals surface area contributed by atoms with E-state index in [2.05, 4.69) is 0 Å². The van der Waals surface area contributed by atoms with E-state index in [1.807, 2.05) is 26.8 Å². The molecule has 1 fully saturated rings. The summed E-state index contributed by atoms with van der Waals surface area (Å²) < 4.78 is 42.1. The van der Waals surface area contributed by atoms with E-state index in [9.17, 15) is 18.0 Å². The highest BCUT2D eigenvalue weighted by Gasteiger charge is 2.48. The second-order valence-corrected chi connectivity index (χ2v) is 11.1. The van der Waals surface area contributed by atoms with Gasteiger partial charge in [-0.15, -0.1) is 0 Å². The van der Waals surface area contributed by atoms with Gasteiger partial charge in [-0.25, -0.2) is 8.42 Å². The number of hydrogen-bond acceptors (Lipinski definition) is 7. The van der Waals surface area contributed by atoms with Crippen LogP contribution in [0, 0.1) is 6.92 Å². The van der Waals surface area contributed by atoms with Crippen LogP contribution >= 0.6 is 0 Å². The summed E-state index contributed by atoms with van der Waals surface area (Å²) in [5, 5.41) is 0.387. The summed E-state index contributed by atoms with van der Waals surface area (Å²) in [6, 6.07) is 9.18. The standard InChI is InChI=1S/C26H27NO7S/c1-4-32-20-9-7-16(13-21(20)33-5-2)23-22-24(28)18-12-15(3)6-8-19(18)34-25(22)26(29)27(23)17-10-11-35(30,31)14-17/h6-9,12-13,17,23H,4-5,10-11,14H2,1-3H3. The van der Waals surface area contributed by atoms with Gasteiger partial charge in [0, 0.05) is 6.04 Å². The lowest BCUT2D eigenvalue weighted by molar-refractivity contribution is 0.0662. The number of sulfone groups is 1. The molecule has 8 nitrogen and oxygen atoms in total. The molecule has 2 unspecified atom stereocenters. The van der Waals surface area contributed by atoms with Crippen LogP contribution in [0.15, 0.2) is 45.6 Å². The highest BCUT2D eigenvalue weighted by Crippen LogP contribution is 2.43. The van der Waals surface area contributed by atoms with Gasteiger partial charge in [0.05, 0.1) is 41.7 Å². The Morgan fingerprint density at radius 2 is 1.77 bits per heavy atom. The van der Waals surface area contributed by atoms with Crippen LogP contribution in [0.2, 0.25) is 0 Å². The number of ether oxygens (including phenoxy) is 2. The van der Waals surface area contributed by atoms with E-state index in [1.165, 1.54) is 4.90 Å². The summed E-state index contributed by atoms with van der Waals surface area (Å²) in [7, 11) is -3.28. The van der Waals surface area contributed by atoms with Gasteiger partial charge in [0.1, 0.15) is 5.58 Å². The number of hydrogen-bond donors (Lipinski definition) is 0. The van der Waals surface area contributed by atoms with Crippen molar-refractivity contribution in [3.8, 4) is 11.5 Å². The molecule has 2 aromatic carbocycles. The molecule has 1 amide bonds. The predicted octanol–water partition coefficient (Wildman–Crippen LogP) is 3.63. The first-order valence-electron chi connectivity index (χ1n) is 11.7. The molecule has 184 valence electrons. The fourth-order valence-corrected chi connectivity index (χ4v) is 6.75. The number of carbonyl (C=O) groups excluding carboxylic acids is 1. The molecule has 0 aliphatic carbocycles. The SMILES string of the molecule is CCOc1ccc(C2c3c(oc4ccc(C)cc4c3=O)C(=O)N2C2CCS(=O)(=O)C2)cc1OCC. The number of amides is 1.